The summed E-state index contributed by atoms with van der Waals surface area (Å²) in [6.07, 6.45) is 7.23. The van der Waals surface area contributed by atoms with Crippen molar-refractivity contribution in [2.24, 2.45) is 13.0 Å². The van der Waals surface area contributed by atoms with Crippen LogP contribution in [0.4, 0.5) is 0 Å². The molecule has 0 aliphatic heterocycles. The van der Waals surface area contributed by atoms with Gasteiger partial charge in [-0.15, -0.1) is 0 Å². The first kappa shape index (κ1) is 19.7. The average Bonchev–Trinajstić information content (AvgIpc) is 3.35. The zero-order chi connectivity index (χ0) is 27.6. The first-order valence-electron chi connectivity index (χ1n) is 15.3. The first-order valence-corrected chi connectivity index (χ1v) is 13.8. The standard InChI is InChI=1S/C35H36NO/c1-23-20-21-31-30-18-10-17-29(34(30)37-35(31)33(23)32-19-6-7-22-36(32)2)28-16-9-14-26-25(13-8-15-27(26)28)24-11-4-3-5-12-24/h6-7,9-10,14,16-22,24-25H,3-5,8,11-13,15H2,1-2H3/q+1/i15D2,25D. The van der Waals surface area contributed by atoms with Crippen LogP contribution in [-0.2, 0) is 13.4 Å². The first-order chi connectivity index (χ1) is 19.3. The molecular weight excluding hydrogens is 450 g/mol. The van der Waals surface area contributed by atoms with Gasteiger partial charge in [0.1, 0.15) is 18.2 Å². The molecule has 186 valence electrons. The molecule has 2 heterocycles. The Balaban J connectivity index is 1.49. The van der Waals surface area contributed by atoms with E-state index in [1.807, 2.05) is 24.3 Å². The highest BCUT2D eigenvalue weighted by Crippen LogP contribution is 2.47. The second-order valence-electron chi connectivity index (χ2n) is 10.9. The van der Waals surface area contributed by atoms with Crippen molar-refractivity contribution in [2.45, 2.75) is 64.1 Å². The number of benzene rings is 3. The van der Waals surface area contributed by atoms with Crippen LogP contribution >= 0.6 is 0 Å². The Morgan fingerprint density at radius 3 is 2.49 bits per heavy atom. The molecule has 7 rings (SSSR count). The molecular formula is C35H36NO+. The number of fused-ring (bicyclic) bond motifs is 4. The normalized spacial score (nSPS) is 22.9. The monoisotopic (exact) mass is 489 g/mol. The summed E-state index contributed by atoms with van der Waals surface area (Å²) in [6, 6.07) is 22.8. The van der Waals surface area contributed by atoms with Gasteiger partial charge in [-0.3, -0.25) is 0 Å². The van der Waals surface area contributed by atoms with Gasteiger partial charge in [0.15, 0.2) is 6.20 Å². The van der Waals surface area contributed by atoms with Crippen molar-refractivity contribution in [3.05, 3.63) is 89.6 Å². The molecule has 2 aliphatic rings. The third-order valence-electron chi connectivity index (χ3n) is 8.68. The fraction of sp³-hybridized carbons (Fsp3) is 0.343. The van der Waals surface area contributed by atoms with Gasteiger partial charge >= 0.3 is 0 Å². The maximum absolute atomic E-state index is 9.76. The number of rotatable bonds is 3. The predicted octanol–water partition coefficient (Wildman–Crippen LogP) is 9.05. The molecule has 2 nitrogen and oxygen atoms in total. The van der Waals surface area contributed by atoms with Gasteiger partial charge in [-0.05, 0) is 79.1 Å². The lowest BCUT2D eigenvalue weighted by molar-refractivity contribution is -0.660. The van der Waals surface area contributed by atoms with Gasteiger partial charge in [0, 0.05) is 32.6 Å². The summed E-state index contributed by atoms with van der Waals surface area (Å²) in [5, 5.41) is 2.09. The van der Waals surface area contributed by atoms with Crippen LogP contribution in [0.3, 0.4) is 0 Å². The van der Waals surface area contributed by atoms with Crippen molar-refractivity contribution >= 4 is 21.9 Å². The van der Waals surface area contributed by atoms with Crippen LogP contribution in [0.15, 0.2) is 77.3 Å². The molecule has 0 N–H and O–H groups in total. The number of nitrogens with zero attached hydrogens (tertiary/aromatic N) is 1. The minimum absolute atomic E-state index is 0.283. The number of aromatic nitrogens is 1. The van der Waals surface area contributed by atoms with E-state index < -0.39 is 12.3 Å². The van der Waals surface area contributed by atoms with Gasteiger partial charge in [-0.1, -0.05) is 67.8 Å². The SMILES string of the molecule is [2H]C1([2H])CCC([2H])(C2CCCCC2)c2cccc(-c3cccc4c3oc3c(-c5cccc[n+]5C)c(C)ccc34)c21. The Labute approximate surface area is 224 Å². The van der Waals surface area contributed by atoms with E-state index in [0.29, 0.717) is 18.4 Å². The van der Waals surface area contributed by atoms with E-state index in [-0.39, 0.29) is 5.92 Å². The van der Waals surface area contributed by atoms with Gasteiger partial charge < -0.3 is 4.42 Å². The van der Waals surface area contributed by atoms with Gasteiger partial charge in [0.05, 0.1) is 5.56 Å². The van der Waals surface area contributed by atoms with Crippen molar-refractivity contribution in [1.82, 2.24) is 0 Å². The maximum atomic E-state index is 9.76. The quantitative estimate of drug-likeness (QED) is 0.231. The van der Waals surface area contributed by atoms with Crippen molar-refractivity contribution in [3.63, 3.8) is 0 Å². The van der Waals surface area contributed by atoms with Crippen LogP contribution in [0.25, 0.3) is 44.3 Å². The second kappa shape index (κ2) is 9.17. The van der Waals surface area contributed by atoms with Crippen molar-refractivity contribution in [2.75, 3.05) is 0 Å². The molecule has 0 radical (unpaired) electrons. The largest absolute Gasteiger partial charge is 0.454 e. The van der Waals surface area contributed by atoms with E-state index in [0.717, 1.165) is 68.3 Å². The Bertz CT molecular complexity index is 1760. The van der Waals surface area contributed by atoms with Crippen LogP contribution in [0.2, 0.25) is 0 Å². The molecule has 0 bridgehead atoms. The number of aryl methyl sites for hydroxylation is 2. The highest BCUT2D eigenvalue weighted by Gasteiger charge is 2.30. The molecule has 37 heavy (non-hydrogen) atoms. The number of hydrogen-bond donors (Lipinski definition) is 0. The lowest BCUT2D eigenvalue weighted by atomic mass is 9.69. The molecule has 3 aromatic carbocycles. The molecule has 1 unspecified atom stereocenters. The Hall–Kier alpha value is -3.39. The molecule has 0 saturated heterocycles. The van der Waals surface area contributed by atoms with Crippen molar-refractivity contribution in [3.8, 4) is 22.4 Å². The number of hydrogen-bond acceptors (Lipinski definition) is 1. The summed E-state index contributed by atoms with van der Waals surface area (Å²) in [6.45, 7) is 2.12. The molecule has 0 spiro atoms. The van der Waals surface area contributed by atoms with Crippen LogP contribution in [0, 0.1) is 12.8 Å². The predicted molar refractivity (Wildman–Crippen MR) is 153 cm³/mol. The van der Waals surface area contributed by atoms with Gasteiger partial charge in [0.2, 0.25) is 5.69 Å². The van der Waals surface area contributed by atoms with E-state index in [2.05, 4.69) is 67.2 Å². The Morgan fingerprint density at radius 2 is 1.62 bits per heavy atom. The zero-order valence-corrected chi connectivity index (χ0v) is 21.8. The van der Waals surface area contributed by atoms with Crippen molar-refractivity contribution in [1.29, 1.82) is 0 Å². The number of para-hydroxylation sites is 1. The fourth-order valence-electron chi connectivity index (χ4n) is 6.84. The van der Waals surface area contributed by atoms with Crippen molar-refractivity contribution < 1.29 is 13.1 Å². The molecule has 1 saturated carbocycles. The van der Waals surface area contributed by atoms with Gasteiger partial charge in [0.25, 0.3) is 0 Å². The highest BCUT2D eigenvalue weighted by atomic mass is 16.3. The van der Waals surface area contributed by atoms with E-state index in [1.165, 1.54) is 19.3 Å². The molecule has 2 heteroatoms. The second-order valence-corrected chi connectivity index (χ2v) is 10.9. The lowest BCUT2D eigenvalue weighted by Crippen LogP contribution is -2.30. The Kier molecular flexibility index (Phi) is 4.88. The molecule has 5 aromatic rings. The van der Waals surface area contributed by atoms with Crippen LogP contribution < -0.4 is 4.57 Å². The smallest absolute Gasteiger partial charge is 0.216 e. The summed E-state index contributed by atoms with van der Waals surface area (Å²) < 4.78 is 37.0. The van der Waals surface area contributed by atoms with E-state index in [4.69, 9.17) is 7.16 Å². The molecule has 2 aromatic heterocycles. The van der Waals surface area contributed by atoms with Crippen LogP contribution in [0.1, 0.15) is 71.6 Å². The zero-order valence-electron chi connectivity index (χ0n) is 24.8. The highest BCUT2D eigenvalue weighted by molar-refractivity contribution is 6.13. The summed E-state index contributed by atoms with van der Waals surface area (Å²) in [5.41, 5.74) is 8.30. The maximum Gasteiger partial charge on any atom is 0.216 e. The fourth-order valence-corrected chi connectivity index (χ4v) is 6.84. The van der Waals surface area contributed by atoms with Crippen LogP contribution in [0.5, 0.6) is 0 Å². The van der Waals surface area contributed by atoms with E-state index in [1.54, 1.807) is 0 Å². The number of furan rings is 1. The lowest BCUT2D eigenvalue weighted by Gasteiger charge is -2.35. The average molecular weight is 490 g/mol. The molecule has 0 amide bonds. The van der Waals surface area contributed by atoms with Gasteiger partial charge in [-0.2, -0.15) is 0 Å². The molecule has 1 atom stereocenters. The molecule has 2 aliphatic carbocycles. The summed E-state index contributed by atoms with van der Waals surface area (Å²) in [4.78, 5) is 0. The summed E-state index contributed by atoms with van der Waals surface area (Å²) in [7, 11) is 2.06. The summed E-state index contributed by atoms with van der Waals surface area (Å²) >= 11 is 0. The summed E-state index contributed by atoms with van der Waals surface area (Å²) in [5.74, 6) is -0.462. The minimum atomic E-state index is -1.50. The Morgan fingerprint density at radius 1 is 0.811 bits per heavy atom. The van der Waals surface area contributed by atoms with Crippen LogP contribution in [-0.4, -0.2) is 0 Å². The molecule has 1 fully saturated rings. The topological polar surface area (TPSA) is 17.0 Å². The van der Waals surface area contributed by atoms with E-state index >= 15 is 0 Å². The van der Waals surface area contributed by atoms with E-state index in [9.17, 15) is 1.37 Å². The minimum Gasteiger partial charge on any atom is -0.454 e. The van der Waals surface area contributed by atoms with Gasteiger partial charge in [-0.25, -0.2) is 4.57 Å². The third kappa shape index (κ3) is 3.72. The third-order valence-corrected chi connectivity index (χ3v) is 8.68. The number of pyridine rings is 1.